The van der Waals surface area contributed by atoms with Crippen molar-refractivity contribution >= 4 is 46.7 Å². The Balaban J connectivity index is 1.66. The summed E-state index contributed by atoms with van der Waals surface area (Å²) in [6.07, 6.45) is 0. The molecule has 2 amide bonds. The van der Waals surface area contributed by atoms with Crippen molar-refractivity contribution in [2.75, 3.05) is 5.32 Å². The molecule has 132 valence electrons. The molecular weight excluding hydrogens is 393 g/mol. The molecule has 4 nitrogen and oxygen atoms in total. The molecule has 0 unspecified atom stereocenters. The number of rotatable bonds is 4. The lowest BCUT2D eigenvalue weighted by Crippen LogP contribution is -2.28. The molecule has 3 rings (SSSR count). The average Bonchev–Trinajstić information content (AvgIpc) is 2.61. The van der Waals surface area contributed by atoms with Crippen LogP contribution in [0.2, 0.25) is 15.1 Å². The minimum Gasteiger partial charge on any atom is -0.334 e. The van der Waals surface area contributed by atoms with Crippen LogP contribution in [-0.4, -0.2) is 11.0 Å². The topological polar surface area (TPSA) is 54.0 Å². The lowest BCUT2D eigenvalue weighted by Gasteiger charge is -2.10. The van der Waals surface area contributed by atoms with Crippen LogP contribution in [0, 0.1) is 0 Å². The number of urea groups is 1. The van der Waals surface area contributed by atoms with Gasteiger partial charge in [0.1, 0.15) is 5.82 Å². The summed E-state index contributed by atoms with van der Waals surface area (Å²) < 4.78 is 0. The predicted molar refractivity (Wildman–Crippen MR) is 107 cm³/mol. The molecule has 0 fully saturated rings. The van der Waals surface area contributed by atoms with E-state index in [-0.39, 0.29) is 12.6 Å². The fraction of sp³-hybridized carbons (Fsp3) is 0.0526. The van der Waals surface area contributed by atoms with E-state index < -0.39 is 0 Å². The summed E-state index contributed by atoms with van der Waals surface area (Å²) in [6, 6.07) is 17.5. The molecule has 1 aromatic heterocycles. The maximum Gasteiger partial charge on any atom is 0.320 e. The SMILES string of the molecule is O=C(NCc1ccc(Cl)cc1Cl)Nc1cccc(-c2ccccc2Cl)n1. The van der Waals surface area contributed by atoms with Gasteiger partial charge in [-0.15, -0.1) is 0 Å². The normalized spacial score (nSPS) is 10.4. The quantitative estimate of drug-likeness (QED) is 0.556. The van der Waals surface area contributed by atoms with Gasteiger partial charge in [0.05, 0.1) is 5.69 Å². The predicted octanol–water partition coefficient (Wildman–Crippen LogP) is 6.03. The minimum atomic E-state index is -0.389. The number of carbonyl (C=O) groups is 1. The standard InChI is InChI=1S/C19H14Cl3N3O/c20-13-9-8-12(16(22)10-13)11-23-19(26)25-18-7-3-6-17(24-18)14-4-1-2-5-15(14)21/h1-10H,11H2,(H2,23,24,25,26). The first-order valence-corrected chi connectivity index (χ1v) is 8.87. The highest BCUT2D eigenvalue weighted by Crippen LogP contribution is 2.26. The number of halogens is 3. The molecule has 1 heterocycles. The van der Waals surface area contributed by atoms with Gasteiger partial charge in [-0.25, -0.2) is 9.78 Å². The smallest absolute Gasteiger partial charge is 0.320 e. The van der Waals surface area contributed by atoms with Gasteiger partial charge in [0.15, 0.2) is 0 Å². The van der Waals surface area contributed by atoms with E-state index in [1.807, 2.05) is 24.3 Å². The first-order chi connectivity index (χ1) is 12.5. The third-order valence-electron chi connectivity index (χ3n) is 3.60. The molecule has 0 spiro atoms. The Morgan fingerprint density at radius 3 is 2.50 bits per heavy atom. The maximum atomic E-state index is 12.1. The van der Waals surface area contributed by atoms with Gasteiger partial charge in [0.25, 0.3) is 0 Å². The Morgan fingerprint density at radius 1 is 0.923 bits per heavy atom. The van der Waals surface area contributed by atoms with Gasteiger partial charge in [0, 0.05) is 27.2 Å². The second-order valence-corrected chi connectivity index (χ2v) is 6.68. The monoisotopic (exact) mass is 405 g/mol. The van der Waals surface area contributed by atoms with E-state index in [0.29, 0.717) is 26.6 Å². The molecule has 2 N–H and O–H groups in total. The summed E-state index contributed by atoms with van der Waals surface area (Å²) in [5.74, 6) is 0.419. The molecule has 0 saturated carbocycles. The highest BCUT2D eigenvalue weighted by molar-refractivity contribution is 6.35. The number of benzene rings is 2. The van der Waals surface area contributed by atoms with Crippen molar-refractivity contribution in [1.82, 2.24) is 10.3 Å². The zero-order valence-electron chi connectivity index (χ0n) is 13.5. The molecule has 0 atom stereocenters. The van der Waals surface area contributed by atoms with Gasteiger partial charge >= 0.3 is 6.03 Å². The number of hydrogen-bond donors (Lipinski definition) is 2. The summed E-state index contributed by atoms with van der Waals surface area (Å²) in [5, 5.41) is 7.07. The fourth-order valence-electron chi connectivity index (χ4n) is 2.32. The largest absolute Gasteiger partial charge is 0.334 e. The molecule has 0 aliphatic rings. The Bertz CT molecular complexity index is 947. The van der Waals surface area contributed by atoms with Crippen LogP contribution < -0.4 is 10.6 Å². The lowest BCUT2D eigenvalue weighted by atomic mass is 10.1. The zero-order chi connectivity index (χ0) is 18.5. The van der Waals surface area contributed by atoms with Gasteiger partial charge in [0.2, 0.25) is 0 Å². The number of hydrogen-bond acceptors (Lipinski definition) is 2. The van der Waals surface area contributed by atoms with E-state index >= 15 is 0 Å². The zero-order valence-corrected chi connectivity index (χ0v) is 15.7. The van der Waals surface area contributed by atoms with Crippen molar-refractivity contribution < 1.29 is 4.79 Å². The molecule has 0 saturated heterocycles. The van der Waals surface area contributed by atoms with Crippen LogP contribution in [0.15, 0.2) is 60.7 Å². The molecule has 0 aliphatic heterocycles. The van der Waals surface area contributed by atoms with Crippen LogP contribution in [0.5, 0.6) is 0 Å². The Morgan fingerprint density at radius 2 is 1.73 bits per heavy atom. The number of anilines is 1. The number of nitrogens with zero attached hydrogens (tertiary/aromatic N) is 1. The van der Waals surface area contributed by atoms with Crippen molar-refractivity contribution in [3.8, 4) is 11.3 Å². The molecule has 2 aromatic carbocycles. The fourth-order valence-corrected chi connectivity index (χ4v) is 3.03. The first-order valence-electron chi connectivity index (χ1n) is 7.73. The van der Waals surface area contributed by atoms with Gasteiger partial charge in [-0.3, -0.25) is 5.32 Å². The molecule has 0 radical (unpaired) electrons. The van der Waals surface area contributed by atoms with Gasteiger partial charge < -0.3 is 5.32 Å². The second kappa shape index (κ2) is 8.41. The third kappa shape index (κ3) is 4.67. The molecule has 3 aromatic rings. The van der Waals surface area contributed by atoms with Crippen molar-refractivity contribution in [2.45, 2.75) is 6.54 Å². The van der Waals surface area contributed by atoms with Crippen LogP contribution in [-0.2, 0) is 6.54 Å². The minimum absolute atomic E-state index is 0.270. The lowest BCUT2D eigenvalue weighted by molar-refractivity contribution is 0.251. The Kier molecular flexibility index (Phi) is 5.99. The van der Waals surface area contributed by atoms with Gasteiger partial charge in [-0.05, 0) is 35.9 Å². The van der Waals surface area contributed by atoms with E-state index in [2.05, 4.69) is 15.6 Å². The molecular formula is C19H14Cl3N3O. The second-order valence-electron chi connectivity index (χ2n) is 5.43. The summed E-state index contributed by atoms with van der Waals surface area (Å²) in [7, 11) is 0. The summed E-state index contributed by atoms with van der Waals surface area (Å²) in [6.45, 7) is 0.270. The summed E-state index contributed by atoms with van der Waals surface area (Å²) in [5.41, 5.74) is 2.24. The number of pyridine rings is 1. The summed E-state index contributed by atoms with van der Waals surface area (Å²) >= 11 is 18.2. The number of amides is 2. The number of nitrogens with one attached hydrogen (secondary N) is 2. The summed E-state index contributed by atoms with van der Waals surface area (Å²) in [4.78, 5) is 16.5. The average molecular weight is 407 g/mol. The van der Waals surface area contributed by atoms with Crippen LogP contribution in [0.25, 0.3) is 11.3 Å². The molecule has 0 aliphatic carbocycles. The first kappa shape index (κ1) is 18.5. The van der Waals surface area contributed by atoms with Gasteiger partial charge in [-0.1, -0.05) is 65.1 Å². The number of carbonyl (C=O) groups excluding carboxylic acids is 1. The van der Waals surface area contributed by atoms with Crippen LogP contribution in [0.4, 0.5) is 10.6 Å². The van der Waals surface area contributed by atoms with Crippen molar-refractivity contribution in [2.24, 2.45) is 0 Å². The van der Waals surface area contributed by atoms with Crippen molar-refractivity contribution in [3.63, 3.8) is 0 Å². The molecule has 0 bridgehead atoms. The van der Waals surface area contributed by atoms with Gasteiger partial charge in [-0.2, -0.15) is 0 Å². The third-order valence-corrected chi connectivity index (χ3v) is 4.51. The van der Waals surface area contributed by atoms with Crippen LogP contribution >= 0.6 is 34.8 Å². The Hall–Kier alpha value is -2.27. The highest BCUT2D eigenvalue weighted by Gasteiger charge is 2.08. The number of aromatic nitrogens is 1. The van der Waals surface area contributed by atoms with E-state index in [1.54, 1.807) is 36.4 Å². The van der Waals surface area contributed by atoms with E-state index in [0.717, 1.165) is 11.1 Å². The highest BCUT2D eigenvalue weighted by atomic mass is 35.5. The molecule has 26 heavy (non-hydrogen) atoms. The Labute approximate surface area is 166 Å². The van der Waals surface area contributed by atoms with E-state index in [4.69, 9.17) is 34.8 Å². The van der Waals surface area contributed by atoms with E-state index in [1.165, 1.54) is 0 Å². The van der Waals surface area contributed by atoms with Crippen LogP contribution in [0.1, 0.15) is 5.56 Å². The molecule has 7 heteroatoms. The maximum absolute atomic E-state index is 12.1. The van der Waals surface area contributed by atoms with Crippen molar-refractivity contribution in [3.05, 3.63) is 81.3 Å². The van der Waals surface area contributed by atoms with Crippen LogP contribution in [0.3, 0.4) is 0 Å². The van der Waals surface area contributed by atoms with E-state index in [9.17, 15) is 4.79 Å². The van der Waals surface area contributed by atoms with Crippen molar-refractivity contribution in [1.29, 1.82) is 0 Å².